The van der Waals surface area contributed by atoms with Gasteiger partial charge in [0.05, 0.1) is 0 Å². The summed E-state index contributed by atoms with van der Waals surface area (Å²) in [6.45, 7) is 10.5. The Morgan fingerprint density at radius 2 is 1.85 bits per heavy atom. The maximum atomic E-state index is 11.9. The molecule has 0 atom stereocenters. The molecule has 112 valence electrons. The van der Waals surface area contributed by atoms with Crippen molar-refractivity contribution in [2.75, 3.05) is 6.61 Å². The normalized spacial score (nSPS) is 11.3. The van der Waals surface area contributed by atoms with E-state index in [2.05, 4.69) is 5.32 Å². The molecule has 1 rings (SSSR count). The van der Waals surface area contributed by atoms with Gasteiger partial charge in [-0.15, -0.1) is 0 Å². The van der Waals surface area contributed by atoms with Gasteiger partial charge in [0.25, 0.3) is 5.91 Å². The number of amides is 1. The van der Waals surface area contributed by atoms with Crippen molar-refractivity contribution >= 4 is 5.91 Å². The third-order valence-electron chi connectivity index (χ3n) is 3.47. The maximum absolute atomic E-state index is 11.9. The lowest BCUT2D eigenvalue weighted by molar-refractivity contribution is -0.124. The van der Waals surface area contributed by atoms with Gasteiger partial charge in [0.2, 0.25) is 0 Å². The second-order valence-corrected chi connectivity index (χ2v) is 5.84. The predicted octanol–water partition coefficient (Wildman–Crippen LogP) is 2.45. The second kappa shape index (κ2) is 6.75. The molecule has 3 N–H and O–H groups in total. The number of nitrogens with two attached hydrogens (primary N) is 1. The Hall–Kier alpha value is -1.55. The van der Waals surface area contributed by atoms with Crippen LogP contribution in [0.2, 0.25) is 0 Å². The van der Waals surface area contributed by atoms with Crippen molar-refractivity contribution in [2.45, 2.75) is 53.1 Å². The van der Waals surface area contributed by atoms with Gasteiger partial charge in [-0.05, 0) is 50.8 Å². The highest BCUT2D eigenvalue weighted by molar-refractivity contribution is 5.78. The first kappa shape index (κ1) is 16.5. The van der Waals surface area contributed by atoms with Crippen molar-refractivity contribution in [3.05, 3.63) is 28.8 Å². The zero-order valence-electron chi connectivity index (χ0n) is 13.2. The summed E-state index contributed by atoms with van der Waals surface area (Å²) >= 11 is 0. The summed E-state index contributed by atoms with van der Waals surface area (Å²) in [6.07, 6.45) is 0.877. The lowest BCUT2D eigenvalue weighted by Gasteiger charge is -2.24. The number of hydrogen-bond acceptors (Lipinski definition) is 3. The fourth-order valence-electron chi connectivity index (χ4n) is 2.03. The first-order chi connectivity index (χ1) is 9.29. The van der Waals surface area contributed by atoms with E-state index < -0.39 is 0 Å². The highest BCUT2D eigenvalue weighted by atomic mass is 16.5. The van der Waals surface area contributed by atoms with Crippen molar-refractivity contribution in [1.82, 2.24) is 5.32 Å². The molecule has 1 amide bonds. The summed E-state index contributed by atoms with van der Waals surface area (Å²) in [4.78, 5) is 11.9. The average molecular weight is 278 g/mol. The minimum Gasteiger partial charge on any atom is -0.483 e. The summed E-state index contributed by atoms with van der Waals surface area (Å²) < 4.78 is 5.67. The largest absolute Gasteiger partial charge is 0.483 e. The van der Waals surface area contributed by atoms with Crippen molar-refractivity contribution in [3.8, 4) is 5.75 Å². The molecule has 20 heavy (non-hydrogen) atoms. The van der Waals surface area contributed by atoms with Crippen molar-refractivity contribution in [3.63, 3.8) is 0 Å². The van der Waals surface area contributed by atoms with Crippen LogP contribution in [0.15, 0.2) is 12.1 Å². The molecule has 0 unspecified atom stereocenters. The number of carbonyl (C=O) groups is 1. The summed E-state index contributed by atoms with van der Waals surface area (Å²) in [5, 5.41) is 2.95. The molecule has 0 aliphatic carbocycles. The van der Waals surface area contributed by atoms with Crippen LogP contribution in [0.3, 0.4) is 0 Å². The van der Waals surface area contributed by atoms with Crippen LogP contribution in [-0.4, -0.2) is 18.1 Å². The van der Waals surface area contributed by atoms with E-state index >= 15 is 0 Å². The Kier molecular flexibility index (Phi) is 5.57. The van der Waals surface area contributed by atoms with E-state index in [4.69, 9.17) is 10.5 Å². The van der Waals surface area contributed by atoms with E-state index in [0.29, 0.717) is 6.54 Å². The van der Waals surface area contributed by atoms with E-state index in [9.17, 15) is 4.79 Å². The smallest absolute Gasteiger partial charge is 0.258 e. The Labute approximate surface area is 121 Å². The monoisotopic (exact) mass is 278 g/mol. The summed E-state index contributed by atoms with van der Waals surface area (Å²) in [5.41, 5.74) is 8.53. The number of rotatable bonds is 6. The van der Waals surface area contributed by atoms with Crippen LogP contribution in [0.5, 0.6) is 5.75 Å². The molecule has 0 aliphatic rings. The standard InChI is InChI=1S/C16H26N2O2/c1-6-16(4,5)18-14(19)10-20-15-11(2)7-13(9-17)8-12(15)3/h7-8H,6,9-10,17H2,1-5H3,(H,18,19). The van der Waals surface area contributed by atoms with Crippen LogP contribution < -0.4 is 15.8 Å². The molecule has 4 heteroatoms. The molecule has 4 nitrogen and oxygen atoms in total. The summed E-state index contributed by atoms with van der Waals surface area (Å²) in [6, 6.07) is 3.99. The SMILES string of the molecule is CCC(C)(C)NC(=O)COc1c(C)cc(CN)cc1C. The predicted molar refractivity (Wildman–Crippen MR) is 81.8 cm³/mol. The third-order valence-corrected chi connectivity index (χ3v) is 3.47. The minimum atomic E-state index is -0.200. The van der Waals surface area contributed by atoms with Crippen LogP contribution in [0.25, 0.3) is 0 Å². The van der Waals surface area contributed by atoms with Gasteiger partial charge in [0.1, 0.15) is 5.75 Å². The van der Waals surface area contributed by atoms with Gasteiger partial charge in [-0.25, -0.2) is 0 Å². The molecule has 0 saturated carbocycles. The minimum absolute atomic E-state index is 0.0348. The Balaban J connectivity index is 2.69. The van der Waals surface area contributed by atoms with Crippen LogP contribution in [0.4, 0.5) is 0 Å². The fraction of sp³-hybridized carbons (Fsp3) is 0.562. The average Bonchev–Trinajstić information content (AvgIpc) is 2.36. The van der Waals surface area contributed by atoms with Gasteiger partial charge in [-0.3, -0.25) is 4.79 Å². The van der Waals surface area contributed by atoms with E-state index in [1.54, 1.807) is 0 Å². The molecule has 0 saturated heterocycles. The van der Waals surface area contributed by atoms with Gasteiger partial charge in [-0.2, -0.15) is 0 Å². The van der Waals surface area contributed by atoms with Gasteiger partial charge in [-0.1, -0.05) is 19.1 Å². The lowest BCUT2D eigenvalue weighted by atomic mass is 10.0. The molecule has 0 radical (unpaired) electrons. The zero-order valence-corrected chi connectivity index (χ0v) is 13.2. The number of benzene rings is 1. The Morgan fingerprint density at radius 1 is 1.30 bits per heavy atom. The second-order valence-electron chi connectivity index (χ2n) is 5.84. The van der Waals surface area contributed by atoms with E-state index in [1.807, 2.05) is 46.8 Å². The number of nitrogens with one attached hydrogen (secondary N) is 1. The van der Waals surface area contributed by atoms with Crippen LogP contribution in [0, 0.1) is 13.8 Å². The van der Waals surface area contributed by atoms with Gasteiger partial charge < -0.3 is 15.8 Å². The zero-order chi connectivity index (χ0) is 15.3. The first-order valence-electron chi connectivity index (χ1n) is 7.03. The molecular weight excluding hydrogens is 252 g/mol. The van der Waals surface area contributed by atoms with Crippen molar-refractivity contribution in [1.29, 1.82) is 0 Å². The van der Waals surface area contributed by atoms with Gasteiger partial charge in [0.15, 0.2) is 6.61 Å². The summed E-state index contributed by atoms with van der Waals surface area (Å²) in [5.74, 6) is 0.671. The Morgan fingerprint density at radius 3 is 2.30 bits per heavy atom. The topological polar surface area (TPSA) is 64.3 Å². The Bertz CT molecular complexity index is 458. The molecule has 0 heterocycles. The number of hydrogen-bond donors (Lipinski definition) is 2. The first-order valence-corrected chi connectivity index (χ1v) is 7.03. The summed E-state index contributed by atoms with van der Waals surface area (Å²) in [7, 11) is 0. The van der Waals surface area contributed by atoms with E-state index in [-0.39, 0.29) is 18.1 Å². The lowest BCUT2D eigenvalue weighted by Crippen LogP contribution is -2.44. The van der Waals surface area contributed by atoms with Crippen molar-refractivity contribution in [2.24, 2.45) is 5.73 Å². The number of ether oxygens (including phenoxy) is 1. The fourth-order valence-corrected chi connectivity index (χ4v) is 2.03. The van der Waals surface area contributed by atoms with Crippen LogP contribution in [0.1, 0.15) is 43.9 Å². The third kappa shape index (κ3) is 4.53. The van der Waals surface area contributed by atoms with Crippen LogP contribution >= 0.6 is 0 Å². The van der Waals surface area contributed by atoms with Gasteiger partial charge in [0, 0.05) is 12.1 Å². The van der Waals surface area contributed by atoms with E-state index in [0.717, 1.165) is 28.9 Å². The molecule has 0 aromatic heterocycles. The number of carbonyl (C=O) groups excluding carboxylic acids is 1. The van der Waals surface area contributed by atoms with Gasteiger partial charge >= 0.3 is 0 Å². The maximum Gasteiger partial charge on any atom is 0.258 e. The molecular formula is C16H26N2O2. The highest BCUT2D eigenvalue weighted by Gasteiger charge is 2.18. The number of aryl methyl sites for hydroxylation is 2. The highest BCUT2D eigenvalue weighted by Crippen LogP contribution is 2.24. The molecule has 0 spiro atoms. The molecule has 1 aromatic rings. The quantitative estimate of drug-likeness (QED) is 0.840. The molecule has 0 bridgehead atoms. The van der Waals surface area contributed by atoms with E-state index in [1.165, 1.54) is 0 Å². The molecule has 0 fully saturated rings. The molecule has 1 aromatic carbocycles. The van der Waals surface area contributed by atoms with Crippen molar-refractivity contribution < 1.29 is 9.53 Å². The van der Waals surface area contributed by atoms with Crippen LogP contribution in [-0.2, 0) is 11.3 Å². The molecule has 0 aliphatic heterocycles.